The Morgan fingerprint density at radius 3 is 2.47 bits per heavy atom. The van der Waals surface area contributed by atoms with Gasteiger partial charge in [-0.2, -0.15) is 5.10 Å². The Kier molecular flexibility index (Phi) is 14.3. The lowest BCUT2D eigenvalue weighted by Crippen LogP contribution is -2.39. The molecule has 75 heavy (non-hydrogen) atoms. The predicted molar refractivity (Wildman–Crippen MR) is 292 cm³/mol. The molecule has 0 bridgehead atoms. The van der Waals surface area contributed by atoms with E-state index in [1.54, 1.807) is 4.68 Å². The van der Waals surface area contributed by atoms with Gasteiger partial charge in [0.25, 0.3) is 5.91 Å². The summed E-state index contributed by atoms with van der Waals surface area (Å²) >= 11 is 1.43. The summed E-state index contributed by atoms with van der Waals surface area (Å²) < 4.78 is 9.35. The first-order chi connectivity index (χ1) is 36.0. The van der Waals surface area contributed by atoms with Gasteiger partial charge in [0.1, 0.15) is 11.6 Å². The summed E-state index contributed by atoms with van der Waals surface area (Å²) in [5.74, 6) is -0.818. The first-order valence-electron chi connectivity index (χ1n) is 25.9. The second kappa shape index (κ2) is 21.0. The average molecular weight is 1030 g/mol. The molecule has 1 unspecified atom stereocenters. The van der Waals surface area contributed by atoms with Crippen molar-refractivity contribution in [1.82, 2.24) is 30.0 Å². The quantitative estimate of drug-likeness (QED) is 0.0753. The average Bonchev–Trinajstić information content (AvgIpc) is 3.94. The molecule has 3 aliphatic rings. The predicted octanol–water partition coefficient (Wildman–Crippen LogP) is 9.78. The normalized spacial score (nSPS) is 16.9. The van der Waals surface area contributed by atoms with Crippen molar-refractivity contribution in [3.63, 3.8) is 0 Å². The monoisotopic (exact) mass is 1030 g/mol. The molecule has 7 aromatic rings. The Labute approximate surface area is 439 Å². The molecule has 4 N–H and O–H groups in total. The molecule has 3 aliphatic heterocycles. The minimum absolute atomic E-state index is 0.0319. The maximum absolute atomic E-state index is 13.8. The van der Waals surface area contributed by atoms with Crippen LogP contribution in [0.15, 0.2) is 84.9 Å². The number of anilines is 3. The zero-order chi connectivity index (χ0) is 52.7. The fraction of sp³-hybridized carbons (Fsp3) is 0.379. The van der Waals surface area contributed by atoms with Crippen molar-refractivity contribution in [2.75, 3.05) is 41.7 Å². The summed E-state index contributed by atoms with van der Waals surface area (Å²) in [5.41, 5.74) is 7.93. The van der Waals surface area contributed by atoms with Gasteiger partial charge in [-0.1, -0.05) is 68.5 Å². The molecule has 4 aromatic carbocycles. The summed E-state index contributed by atoms with van der Waals surface area (Å²) in [5, 5.41) is 25.4. The number of amides is 4. The number of hydrogen-bond donors (Lipinski definition) is 4. The highest BCUT2D eigenvalue weighted by atomic mass is 32.1. The number of benzene rings is 4. The van der Waals surface area contributed by atoms with Crippen molar-refractivity contribution >= 4 is 78.7 Å². The molecule has 2 fully saturated rings. The second-order valence-electron chi connectivity index (χ2n) is 21.3. The van der Waals surface area contributed by atoms with Gasteiger partial charge < -0.3 is 20.1 Å². The molecule has 17 heteroatoms. The van der Waals surface area contributed by atoms with Gasteiger partial charge in [0.05, 0.1) is 40.0 Å². The molecule has 0 saturated carbocycles. The van der Waals surface area contributed by atoms with Crippen LogP contribution in [0.5, 0.6) is 5.75 Å². The third-order valence-electron chi connectivity index (χ3n) is 15.0. The van der Waals surface area contributed by atoms with E-state index in [0.717, 1.165) is 87.7 Å². The largest absolute Gasteiger partial charge is 0.490 e. The van der Waals surface area contributed by atoms with Gasteiger partial charge >= 0.3 is 5.97 Å². The summed E-state index contributed by atoms with van der Waals surface area (Å²) in [4.78, 5) is 78.5. The first kappa shape index (κ1) is 51.0. The van der Waals surface area contributed by atoms with E-state index in [-0.39, 0.29) is 48.4 Å². The Morgan fingerprint density at radius 1 is 0.920 bits per heavy atom. The zero-order valence-corrected chi connectivity index (χ0v) is 44.1. The Balaban J connectivity index is 0.765. The number of carbonyl (C=O) groups excluding carboxylic acids is 4. The number of para-hydroxylation sites is 1. The van der Waals surface area contributed by atoms with Crippen LogP contribution in [0.3, 0.4) is 0 Å². The number of thiazole rings is 1. The molecule has 0 spiro atoms. The minimum atomic E-state index is -1.12. The Bertz CT molecular complexity index is 3350. The van der Waals surface area contributed by atoms with Crippen molar-refractivity contribution < 1.29 is 33.8 Å². The number of nitrogens with zero attached hydrogens (tertiary/aromatic N) is 6. The maximum atomic E-state index is 13.8. The molecule has 388 valence electrons. The zero-order valence-electron chi connectivity index (χ0n) is 43.3. The van der Waals surface area contributed by atoms with Crippen LogP contribution >= 0.6 is 11.3 Å². The number of carbonyl (C=O) groups is 5. The number of nitrogens with one attached hydrogen (secondary N) is 3. The highest BCUT2D eigenvalue weighted by Gasteiger charge is 2.33. The van der Waals surface area contributed by atoms with Crippen molar-refractivity contribution in [3.8, 4) is 16.9 Å². The summed E-state index contributed by atoms with van der Waals surface area (Å²) in [7, 11) is 1.81. The number of hydrogen-bond acceptors (Lipinski definition) is 12. The van der Waals surface area contributed by atoms with Gasteiger partial charge in [0, 0.05) is 48.8 Å². The molecule has 2 atom stereocenters. The number of ether oxygens (including phenoxy) is 1. The molecule has 6 heterocycles. The number of aromatic nitrogens is 4. The smallest absolute Gasteiger partial charge is 0.355 e. The van der Waals surface area contributed by atoms with Gasteiger partial charge in [0.15, 0.2) is 10.8 Å². The van der Waals surface area contributed by atoms with Crippen LogP contribution in [0.4, 0.5) is 16.6 Å². The van der Waals surface area contributed by atoms with Crippen LogP contribution in [0.1, 0.15) is 121 Å². The van der Waals surface area contributed by atoms with Crippen LogP contribution in [0, 0.1) is 12.8 Å². The molecule has 3 aromatic heterocycles. The molecule has 0 radical (unpaired) electrons. The fourth-order valence-corrected chi connectivity index (χ4v) is 11.8. The summed E-state index contributed by atoms with van der Waals surface area (Å²) in [6, 6.07) is 27.0. The molecular formula is C58H63N9O7S. The molecule has 2 saturated heterocycles. The van der Waals surface area contributed by atoms with Crippen molar-refractivity contribution in [3.05, 3.63) is 124 Å². The number of carboxylic acid groups (broad SMARTS) is 1. The lowest BCUT2D eigenvalue weighted by Gasteiger charge is -2.33. The third-order valence-corrected chi connectivity index (χ3v) is 16.0. The number of fused-ring (bicyclic) bond motifs is 3. The number of piperidine rings is 2. The second-order valence-corrected chi connectivity index (χ2v) is 22.3. The first-order valence-corrected chi connectivity index (χ1v) is 26.7. The van der Waals surface area contributed by atoms with Crippen molar-refractivity contribution in [2.45, 2.75) is 104 Å². The SMILES string of the molecule is Cc1c(O[C@@H](C)CCC2CCN(CC(=O)Nc3ccc4c(C5CCC(=O)NC5=O)nn(C)c4c3)CC2)cccc1-c1c(C(C)(C)C)cc(N2CCc3cccc(C(=O)Nc4nc5ccccc5s4)c3C2)nc1C(=O)O. The number of likely N-dealkylation sites (tertiary alicyclic amines) is 1. The number of aryl methyl sites for hydroxylation is 1. The van der Waals surface area contributed by atoms with Gasteiger partial charge in [-0.25, -0.2) is 14.8 Å². The number of aromatic carboxylic acids is 1. The molecule has 10 rings (SSSR count). The molecule has 0 aliphatic carbocycles. The van der Waals surface area contributed by atoms with E-state index in [1.165, 1.54) is 11.3 Å². The highest BCUT2D eigenvalue weighted by molar-refractivity contribution is 7.22. The molecule has 16 nitrogen and oxygen atoms in total. The van der Waals surface area contributed by atoms with Crippen LogP contribution in [-0.4, -0.2) is 91.6 Å². The van der Waals surface area contributed by atoms with Gasteiger partial charge in [-0.15, -0.1) is 0 Å². The number of pyridine rings is 1. The topological polar surface area (TPSA) is 201 Å². The van der Waals surface area contributed by atoms with Crippen LogP contribution in [0.25, 0.3) is 32.2 Å². The van der Waals surface area contributed by atoms with E-state index in [1.807, 2.05) is 98.9 Å². The van der Waals surface area contributed by atoms with E-state index < -0.39 is 17.3 Å². The van der Waals surface area contributed by atoms with Crippen molar-refractivity contribution in [1.29, 1.82) is 0 Å². The van der Waals surface area contributed by atoms with Gasteiger partial charge in [0.2, 0.25) is 17.7 Å². The number of rotatable bonds is 14. The Hall–Kier alpha value is -7.50. The number of carboxylic acids is 1. The van der Waals surface area contributed by atoms with E-state index in [2.05, 4.69) is 63.5 Å². The van der Waals surface area contributed by atoms with E-state index >= 15 is 0 Å². The summed E-state index contributed by atoms with van der Waals surface area (Å²) in [6.07, 6.45) is 5.01. The van der Waals surface area contributed by atoms with Gasteiger partial charge in [-0.3, -0.25) is 39.4 Å². The van der Waals surface area contributed by atoms with Crippen LogP contribution in [-0.2, 0) is 39.8 Å². The standard InChI is InChI=1S/C58H63N9O7S/c1-33(17-18-35-23-26-66(27-24-35)32-50(69)59-37-19-20-40-45(29-37)65(6)64-52(40)41-21-22-49(68)62-55(41)71)74-46-15-10-12-38(34(46)2)51-43(58(3,4)5)30-48(61-53(51)56(72)73)67-28-25-36-11-9-13-39(42(36)31-67)54(70)63-57-60-44-14-7-8-16-47(44)75-57/h7-16,19-20,29-30,33,35,41H,17-18,21-28,31-32H2,1-6H3,(H,59,69)(H,72,73)(H,60,63,70)(H,62,68,71)/t33-,41?/m0/s1. The fourth-order valence-electron chi connectivity index (χ4n) is 11.0. The Morgan fingerprint density at radius 2 is 1.71 bits per heavy atom. The van der Waals surface area contributed by atoms with Crippen LogP contribution < -0.4 is 25.6 Å². The summed E-state index contributed by atoms with van der Waals surface area (Å²) in [6.45, 7) is 13.2. The van der Waals surface area contributed by atoms with E-state index in [0.29, 0.717) is 71.1 Å². The number of imide groups is 1. The van der Waals surface area contributed by atoms with Crippen molar-refractivity contribution in [2.24, 2.45) is 13.0 Å². The van der Waals surface area contributed by atoms with E-state index in [4.69, 9.17) is 9.72 Å². The van der Waals surface area contributed by atoms with Gasteiger partial charge in [-0.05, 0) is 153 Å². The van der Waals surface area contributed by atoms with Crippen LogP contribution in [0.2, 0.25) is 0 Å². The minimum Gasteiger partial charge on any atom is -0.490 e. The lowest BCUT2D eigenvalue weighted by molar-refractivity contribution is -0.134. The molecular weight excluding hydrogens is 967 g/mol. The highest BCUT2D eigenvalue weighted by Crippen LogP contribution is 2.42. The third kappa shape index (κ3) is 10.9. The molecule has 4 amide bonds. The maximum Gasteiger partial charge on any atom is 0.355 e. The lowest BCUT2D eigenvalue weighted by atomic mass is 9.80. The van der Waals surface area contributed by atoms with E-state index in [9.17, 15) is 29.1 Å².